The number of nitrogens with one attached hydrogen (secondary N) is 1. The van der Waals surface area contributed by atoms with Crippen LogP contribution in [-0.2, 0) is 11.3 Å². The number of furan rings is 1. The summed E-state index contributed by atoms with van der Waals surface area (Å²) in [5, 5.41) is 3.53. The van der Waals surface area contributed by atoms with Gasteiger partial charge in [-0.25, -0.2) is 0 Å². The van der Waals surface area contributed by atoms with Gasteiger partial charge in [-0.1, -0.05) is 29.8 Å². The highest BCUT2D eigenvalue weighted by molar-refractivity contribution is 5.25. The molecule has 2 aromatic rings. The van der Waals surface area contributed by atoms with Crippen LogP contribution in [0.2, 0.25) is 0 Å². The van der Waals surface area contributed by atoms with Crippen LogP contribution < -0.4 is 5.32 Å². The second kappa shape index (κ2) is 7.58. The molecular formula is C18H24N2O2. The minimum Gasteiger partial charge on any atom is -0.468 e. The normalized spacial score (nSPS) is 17.5. The van der Waals surface area contributed by atoms with Gasteiger partial charge in [0.15, 0.2) is 0 Å². The average Bonchev–Trinajstić information content (AvgIpc) is 3.06. The lowest BCUT2D eigenvalue weighted by atomic mass is 10.0. The summed E-state index contributed by atoms with van der Waals surface area (Å²) in [4.78, 5) is 2.51. The van der Waals surface area contributed by atoms with Crippen LogP contribution >= 0.6 is 0 Å². The Bertz CT molecular complexity index is 562. The van der Waals surface area contributed by atoms with Crippen LogP contribution in [0.3, 0.4) is 0 Å². The van der Waals surface area contributed by atoms with E-state index in [0.29, 0.717) is 6.04 Å². The molecule has 1 aliphatic rings. The third kappa shape index (κ3) is 3.97. The summed E-state index contributed by atoms with van der Waals surface area (Å²) < 4.78 is 10.9. The van der Waals surface area contributed by atoms with Crippen molar-refractivity contribution in [2.75, 3.05) is 32.8 Å². The van der Waals surface area contributed by atoms with Crippen molar-refractivity contribution in [3.8, 4) is 0 Å². The van der Waals surface area contributed by atoms with Crippen molar-refractivity contribution in [1.29, 1.82) is 0 Å². The molecule has 1 atom stereocenters. The Labute approximate surface area is 132 Å². The van der Waals surface area contributed by atoms with E-state index in [-0.39, 0.29) is 0 Å². The summed E-state index contributed by atoms with van der Waals surface area (Å²) in [5.74, 6) is 0.977. The fraction of sp³-hybridized carbons (Fsp3) is 0.444. The number of ether oxygens (including phenoxy) is 1. The van der Waals surface area contributed by atoms with Crippen LogP contribution in [0.1, 0.15) is 22.9 Å². The predicted octanol–water partition coefficient (Wildman–Crippen LogP) is 2.75. The molecule has 0 aliphatic carbocycles. The number of morpholine rings is 1. The molecule has 0 radical (unpaired) electrons. The highest BCUT2D eigenvalue weighted by Crippen LogP contribution is 2.22. The zero-order valence-corrected chi connectivity index (χ0v) is 13.1. The van der Waals surface area contributed by atoms with E-state index in [1.54, 1.807) is 6.26 Å². The van der Waals surface area contributed by atoms with Crippen molar-refractivity contribution in [2.45, 2.75) is 19.5 Å². The molecule has 4 nitrogen and oxygen atoms in total. The van der Waals surface area contributed by atoms with E-state index in [9.17, 15) is 0 Å². The van der Waals surface area contributed by atoms with Crippen molar-refractivity contribution >= 4 is 0 Å². The number of nitrogens with zero attached hydrogens (tertiary/aromatic N) is 1. The molecule has 4 heteroatoms. The van der Waals surface area contributed by atoms with Crippen molar-refractivity contribution in [3.05, 3.63) is 59.5 Å². The van der Waals surface area contributed by atoms with Crippen LogP contribution in [0.4, 0.5) is 0 Å². The Kier molecular flexibility index (Phi) is 5.27. The van der Waals surface area contributed by atoms with Crippen molar-refractivity contribution in [3.63, 3.8) is 0 Å². The van der Waals surface area contributed by atoms with Gasteiger partial charge in [0.2, 0.25) is 0 Å². The Morgan fingerprint density at radius 3 is 2.77 bits per heavy atom. The molecule has 1 aliphatic heterocycles. The summed E-state index contributed by atoms with van der Waals surface area (Å²) in [5.41, 5.74) is 2.68. The Morgan fingerprint density at radius 1 is 1.18 bits per heavy atom. The molecule has 0 saturated carbocycles. The van der Waals surface area contributed by atoms with Gasteiger partial charge in [-0.3, -0.25) is 4.90 Å². The summed E-state index contributed by atoms with van der Waals surface area (Å²) >= 11 is 0. The second-order valence-corrected chi connectivity index (χ2v) is 5.79. The molecule has 118 valence electrons. The quantitative estimate of drug-likeness (QED) is 0.890. The maximum absolute atomic E-state index is 5.50. The molecule has 1 saturated heterocycles. The monoisotopic (exact) mass is 300 g/mol. The van der Waals surface area contributed by atoms with E-state index in [1.165, 1.54) is 11.1 Å². The zero-order valence-electron chi connectivity index (χ0n) is 13.1. The number of hydrogen-bond donors (Lipinski definition) is 1. The Balaban J connectivity index is 1.67. The maximum Gasteiger partial charge on any atom is 0.117 e. The maximum atomic E-state index is 5.50. The number of benzene rings is 1. The van der Waals surface area contributed by atoms with Crippen molar-refractivity contribution < 1.29 is 9.15 Å². The molecule has 2 heterocycles. The van der Waals surface area contributed by atoms with Gasteiger partial charge in [-0.2, -0.15) is 0 Å². The highest BCUT2D eigenvalue weighted by Gasteiger charge is 2.22. The highest BCUT2D eigenvalue weighted by atomic mass is 16.5. The molecule has 0 bridgehead atoms. The largest absolute Gasteiger partial charge is 0.468 e. The standard InChI is InChI=1S/C18H24N2O2/c1-15-4-2-5-16(12-15)18(20-7-10-21-11-8-20)14-19-13-17-6-3-9-22-17/h2-6,9,12,18-19H,7-8,10-11,13-14H2,1H3. The summed E-state index contributed by atoms with van der Waals surface area (Å²) in [6, 6.07) is 13.1. The molecule has 1 aromatic carbocycles. The van der Waals surface area contributed by atoms with E-state index >= 15 is 0 Å². The van der Waals surface area contributed by atoms with Gasteiger partial charge in [0, 0.05) is 25.7 Å². The van der Waals surface area contributed by atoms with E-state index in [2.05, 4.69) is 41.4 Å². The molecule has 1 fully saturated rings. The van der Waals surface area contributed by atoms with E-state index in [4.69, 9.17) is 9.15 Å². The van der Waals surface area contributed by atoms with Crippen LogP contribution in [0, 0.1) is 6.92 Å². The molecule has 22 heavy (non-hydrogen) atoms. The van der Waals surface area contributed by atoms with Gasteiger partial charge in [0.05, 0.1) is 26.0 Å². The predicted molar refractivity (Wildman–Crippen MR) is 86.7 cm³/mol. The fourth-order valence-electron chi connectivity index (χ4n) is 2.97. The number of aryl methyl sites for hydroxylation is 1. The average molecular weight is 300 g/mol. The minimum absolute atomic E-state index is 0.374. The van der Waals surface area contributed by atoms with E-state index < -0.39 is 0 Å². The van der Waals surface area contributed by atoms with Gasteiger partial charge < -0.3 is 14.5 Å². The van der Waals surface area contributed by atoms with Crippen molar-refractivity contribution in [2.24, 2.45) is 0 Å². The smallest absolute Gasteiger partial charge is 0.117 e. The first-order valence-corrected chi connectivity index (χ1v) is 7.94. The summed E-state index contributed by atoms with van der Waals surface area (Å²) in [6.45, 7) is 7.43. The van der Waals surface area contributed by atoms with E-state index in [1.807, 2.05) is 12.1 Å². The molecule has 3 rings (SSSR count). The lowest BCUT2D eigenvalue weighted by molar-refractivity contribution is 0.0160. The second-order valence-electron chi connectivity index (χ2n) is 5.79. The Morgan fingerprint density at radius 2 is 2.05 bits per heavy atom. The Hall–Kier alpha value is -1.62. The molecule has 1 unspecified atom stereocenters. The fourth-order valence-corrected chi connectivity index (χ4v) is 2.97. The van der Waals surface area contributed by atoms with Gasteiger partial charge in [0.25, 0.3) is 0 Å². The molecule has 1 N–H and O–H groups in total. The molecule has 0 spiro atoms. The first-order chi connectivity index (χ1) is 10.8. The molecule has 1 aromatic heterocycles. The van der Waals surface area contributed by atoms with Gasteiger partial charge in [0.1, 0.15) is 5.76 Å². The number of rotatable bonds is 6. The molecule has 0 amide bonds. The third-order valence-corrected chi connectivity index (χ3v) is 4.13. The van der Waals surface area contributed by atoms with Crippen molar-refractivity contribution in [1.82, 2.24) is 10.2 Å². The van der Waals surface area contributed by atoms with Crippen LogP contribution in [0.15, 0.2) is 47.1 Å². The van der Waals surface area contributed by atoms with Gasteiger partial charge >= 0.3 is 0 Å². The summed E-state index contributed by atoms with van der Waals surface area (Å²) in [7, 11) is 0. The topological polar surface area (TPSA) is 37.6 Å². The third-order valence-electron chi connectivity index (χ3n) is 4.13. The van der Waals surface area contributed by atoms with Gasteiger partial charge in [-0.15, -0.1) is 0 Å². The van der Waals surface area contributed by atoms with Crippen LogP contribution in [0.25, 0.3) is 0 Å². The lowest BCUT2D eigenvalue weighted by Crippen LogP contribution is -2.42. The zero-order chi connectivity index (χ0) is 15.2. The molecular weight excluding hydrogens is 276 g/mol. The SMILES string of the molecule is Cc1cccc(C(CNCc2ccco2)N2CCOCC2)c1. The van der Waals surface area contributed by atoms with E-state index in [0.717, 1.165) is 45.2 Å². The first-order valence-electron chi connectivity index (χ1n) is 7.94. The van der Waals surface area contributed by atoms with Gasteiger partial charge in [-0.05, 0) is 24.6 Å². The van der Waals surface area contributed by atoms with Crippen LogP contribution in [0.5, 0.6) is 0 Å². The summed E-state index contributed by atoms with van der Waals surface area (Å²) in [6.07, 6.45) is 1.72. The minimum atomic E-state index is 0.374. The first kappa shape index (κ1) is 15.3. The number of hydrogen-bond acceptors (Lipinski definition) is 4. The van der Waals surface area contributed by atoms with Crippen LogP contribution in [-0.4, -0.2) is 37.7 Å². The lowest BCUT2D eigenvalue weighted by Gasteiger charge is -2.35.